The fraction of sp³-hybridized carbons (Fsp3) is 0.273. The van der Waals surface area contributed by atoms with Crippen molar-refractivity contribution in [3.63, 3.8) is 0 Å². The maximum Gasteiger partial charge on any atom is 0.255 e. The standard InChI is InChI=1S/C22H22N2O5S/c1-14-6-11-19(21(25)23-14)24-12-18-17(22(24)26)4-3-5-20(18)29-13-15-7-9-16(10-8-15)30(2,27)28/h3-5,7-10,19H,1,6,11-13H2,2H3,(H,23,25). The van der Waals surface area contributed by atoms with Crippen molar-refractivity contribution in [2.24, 2.45) is 0 Å². The first-order valence-corrected chi connectivity index (χ1v) is 11.5. The molecule has 1 fully saturated rings. The number of fused-ring (bicyclic) bond motifs is 1. The van der Waals surface area contributed by atoms with E-state index in [2.05, 4.69) is 11.9 Å². The summed E-state index contributed by atoms with van der Waals surface area (Å²) in [6, 6.07) is 11.3. The second-order valence-electron chi connectivity index (χ2n) is 7.57. The Morgan fingerprint density at radius 3 is 2.57 bits per heavy atom. The third kappa shape index (κ3) is 3.82. The maximum absolute atomic E-state index is 12.9. The van der Waals surface area contributed by atoms with Gasteiger partial charge in [-0.2, -0.15) is 0 Å². The van der Waals surface area contributed by atoms with E-state index >= 15 is 0 Å². The van der Waals surface area contributed by atoms with Crippen LogP contribution in [0.5, 0.6) is 5.75 Å². The predicted molar refractivity (Wildman–Crippen MR) is 111 cm³/mol. The molecule has 0 saturated carbocycles. The average molecular weight is 426 g/mol. The van der Waals surface area contributed by atoms with Gasteiger partial charge < -0.3 is 15.0 Å². The summed E-state index contributed by atoms with van der Waals surface area (Å²) in [7, 11) is -3.25. The van der Waals surface area contributed by atoms with E-state index < -0.39 is 15.9 Å². The number of nitrogens with zero attached hydrogens (tertiary/aromatic N) is 1. The van der Waals surface area contributed by atoms with Crippen LogP contribution in [0.3, 0.4) is 0 Å². The lowest BCUT2D eigenvalue weighted by molar-refractivity contribution is -0.126. The third-order valence-electron chi connectivity index (χ3n) is 5.40. The zero-order valence-corrected chi connectivity index (χ0v) is 17.4. The van der Waals surface area contributed by atoms with Gasteiger partial charge in [-0.3, -0.25) is 9.59 Å². The lowest BCUT2D eigenvalue weighted by Crippen LogP contribution is -2.49. The molecule has 0 aliphatic carbocycles. The molecule has 2 aromatic rings. The van der Waals surface area contributed by atoms with Gasteiger partial charge in [0.25, 0.3) is 5.91 Å². The lowest BCUT2D eigenvalue weighted by atomic mass is 10.0. The minimum absolute atomic E-state index is 0.180. The Morgan fingerprint density at radius 1 is 1.17 bits per heavy atom. The molecule has 30 heavy (non-hydrogen) atoms. The molecule has 2 heterocycles. The smallest absolute Gasteiger partial charge is 0.255 e. The first kappa shape index (κ1) is 20.2. The number of sulfone groups is 1. The Kier molecular flexibility index (Phi) is 5.11. The highest BCUT2D eigenvalue weighted by Crippen LogP contribution is 2.34. The zero-order valence-electron chi connectivity index (χ0n) is 16.6. The first-order valence-electron chi connectivity index (χ1n) is 9.57. The summed E-state index contributed by atoms with van der Waals surface area (Å²) in [5.74, 6) is 0.192. The molecule has 2 aliphatic rings. The molecule has 2 amide bonds. The van der Waals surface area contributed by atoms with Gasteiger partial charge in [0.1, 0.15) is 18.4 Å². The molecule has 1 N–H and O–H groups in total. The van der Waals surface area contributed by atoms with Crippen LogP contribution in [0.1, 0.15) is 34.3 Å². The third-order valence-corrected chi connectivity index (χ3v) is 6.53. The van der Waals surface area contributed by atoms with E-state index in [0.717, 1.165) is 17.4 Å². The Hall–Kier alpha value is -3.13. The van der Waals surface area contributed by atoms with Crippen LogP contribution in [-0.2, 0) is 27.8 Å². The number of piperidine rings is 1. The Morgan fingerprint density at radius 2 is 1.90 bits per heavy atom. The Bertz CT molecular complexity index is 1140. The number of benzene rings is 2. The van der Waals surface area contributed by atoms with Crippen molar-refractivity contribution in [2.45, 2.75) is 36.9 Å². The second-order valence-corrected chi connectivity index (χ2v) is 9.58. The van der Waals surface area contributed by atoms with Crippen LogP contribution < -0.4 is 10.1 Å². The molecule has 0 bridgehead atoms. The molecular weight excluding hydrogens is 404 g/mol. The van der Waals surface area contributed by atoms with Crippen LogP contribution in [0.2, 0.25) is 0 Å². The number of hydrogen-bond acceptors (Lipinski definition) is 5. The van der Waals surface area contributed by atoms with Gasteiger partial charge in [-0.1, -0.05) is 24.8 Å². The largest absolute Gasteiger partial charge is 0.489 e. The summed E-state index contributed by atoms with van der Waals surface area (Å²) in [5.41, 5.74) is 2.78. The van der Waals surface area contributed by atoms with Gasteiger partial charge in [0.2, 0.25) is 5.91 Å². The van der Waals surface area contributed by atoms with Gasteiger partial charge in [0, 0.05) is 23.1 Å². The van der Waals surface area contributed by atoms with Crippen LogP contribution in [0, 0.1) is 0 Å². The number of carbonyl (C=O) groups is 2. The molecule has 4 rings (SSSR count). The molecule has 1 atom stereocenters. The van der Waals surface area contributed by atoms with E-state index in [1.165, 1.54) is 0 Å². The van der Waals surface area contributed by atoms with E-state index in [1.54, 1.807) is 47.4 Å². The minimum Gasteiger partial charge on any atom is -0.489 e. The predicted octanol–water partition coefficient (Wildman–Crippen LogP) is 2.42. The van der Waals surface area contributed by atoms with Crippen molar-refractivity contribution in [3.05, 3.63) is 71.4 Å². The van der Waals surface area contributed by atoms with Crippen molar-refractivity contribution >= 4 is 21.7 Å². The molecule has 0 radical (unpaired) electrons. The average Bonchev–Trinajstić information content (AvgIpc) is 3.03. The first-order chi connectivity index (χ1) is 14.2. The summed E-state index contributed by atoms with van der Waals surface area (Å²) in [6.07, 6.45) is 2.35. The molecule has 8 heteroatoms. The lowest BCUT2D eigenvalue weighted by Gasteiger charge is -2.31. The van der Waals surface area contributed by atoms with Gasteiger partial charge in [0.05, 0.1) is 11.4 Å². The SMILES string of the molecule is C=C1CCC(N2Cc3c(OCc4ccc(S(C)(=O)=O)cc4)cccc3C2=O)C(=O)N1. The summed E-state index contributed by atoms with van der Waals surface area (Å²) in [6.45, 7) is 4.32. The van der Waals surface area contributed by atoms with Crippen LogP contribution in [0.15, 0.2) is 59.6 Å². The topological polar surface area (TPSA) is 92.8 Å². The summed E-state index contributed by atoms with van der Waals surface area (Å²) < 4.78 is 29.1. The monoisotopic (exact) mass is 426 g/mol. The van der Waals surface area contributed by atoms with Crippen molar-refractivity contribution in [1.29, 1.82) is 0 Å². The van der Waals surface area contributed by atoms with E-state index in [1.807, 2.05) is 0 Å². The highest BCUT2D eigenvalue weighted by atomic mass is 32.2. The van der Waals surface area contributed by atoms with Gasteiger partial charge in [-0.05, 0) is 42.7 Å². The minimum atomic E-state index is -3.25. The number of carbonyl (C=O) groups excluding carboxylic acids is 2. The van der Waals surface area contributed by atoms with Crippen molar-refractivity contribution < 1.29 is 22.7 Å². The van der Waals surface area contributed by atoms with E-state index in [9.17, 15) is 18.0 Å². The van der Waals surface area contributed by atoms with Gasteiger partial charge in [-0.15, -0.1) is 0 Å². The Balaban J connectivity index is 1.50. The molecule has 2 aromatic carbocycles. The van der Waals surface area contributed by atoms with E-state index in [4.69, 9.17) is 4.74 Å². The number of allylic oxidation sites excluding steroid dienone is 1. The van der Waals surface area contributed by atoms with Crippen LogP contribution in [0.25, 0.3) is 0 Å². The molecule has 1 unspecified atom stereocenters. The number of hydrogen-bond donors (Lipinski definition) is 1. The van der Waals surface area contributed by atoms with Crippen molar-refractivity contribution in [2.75, 3.05) is 6.26 Å². The molecule has 0 spiro atoms. The van der Waals surface area contributed by atoms with Crippen LogP contribution in [0.4, 0.5) is 0 Å². The highest BCUT2D eigenvalue weighted by Gasteiger charge is 2.39. The van der Waals surface area contributed by atoms with E-state index in [0.29, 0.717) is 36.4 Å². The van der Waals surface area contributed by atoms with Crippen LogP contribution in [-0.4, -0.2) is 37.4 Å². The van der Waals surface area contributed by atoms with Gasteiger partial charge in [-0.25, -0.2) is 8.42 Å². The highest BCUT2D eigenvalue weighted by molar-refractivity contribution is 7.90. The van der Waals surface area contributed by atoms with E-state index in [-0.39, 0.29) is 23.3 Å². The quantitative estimate of drug-likeness (QED) is 0.793. The number of ether oxygens (including phenoxy) is 1. The fourth-order valence-electron chi connectivity index (χ4n) is 3.77. The summed E-state index contributed by atoms with van der Waals surface area (Å²) >= 11 is 0. The zero-order chi connectivity index (χ0) is 21.5. The normalized spacial score (nSPS) is 18.9. The molecule has 0 aromatic heterocycles. The van der Waals surface area contributed by atoms with Crippen LogP contribution >= 0.6 is 0 Å². The second kappa shape index (κ2) is 7.60. The molecule has 2 aliphatic heterocycles. The van der Waals surface area contributed by atoms with Gasteiger partial charge in [0.15, 0.2) is 9.84 Å². The van der Waals surface area contributed by atoms with Crippen molar-refractivity contribution in [3.8, 4) is 5.75 Å². The summed E-state index contributed by atoms with van der Waals surface area (Å²) in [4.78, 5) is 27.1. The molecule has 156 valence electrons. The summed E-state index contributed by atoms with van der Waals surface area (Å²) in [5, 5.41) is 2.73. The number of rotatable bonds is 5. The Labute approximate surface area is 175 Å². The van der Waals surface area contributed by atoms with Crippen molar-refractivity contribution in [1.82, 2.24) is 10.2 Å². The molecule has 1 saturated heterocycles. The number of nitrogens with one attached hydrogen (secondary N) is 1. The number of amides is 2. The molecular formula is C22H22N2O5S. The fourth-order valence-corrected chi connectivity index (χ4v) is 4.40. The maximum atomic E-state index is 12.9. The molecule has 7 nitrogen and oxygen atoms in total. The van der Waals surface area contributed by atoms with Gasteiger partial charge >= 0.3 is 0 Å².